The Hall–Kier alpha value is -3.37. The summed E-state index contributed by atoms with van der Waals surface area (Å²) in [6.45, 7) is 4.89. The van der Waals surface area contributed by atoms with E-state index in [4.69, 9.17) is 10.4 Å². The molecule has 1 aliphatic rings. The lowest BCUT2D eigenvalue weighted by molar-refractivity contribution is 0.0931. The second kappa shape index (κ2) is 9.42. The van der Waals surface area contributed by atoms with Gasteiger partial charge in [0.15, 0.2) is 0 Å². The lowest BCUT2D eigenvalue weighted by Gasteiger charge is -2.18. The molecule has 1 heterocycles. The first-order valence-electron chi connectivity index (χ1n) is 9.99. The number of carbonyl (C=O) groups excluding carboxylic acids is 2. The summed E-state index contributed by atoms with van der Waals surface area (Å²) in [5.41, 5.74) is 3.73. The first-order chi connectivity index (χ1) is 14.4. The molecule has 1 aliphatic heterocycles. The van der Waals surface area contributed by atoms with Crippen molar-refractivity contribution in [1.29, 1.82) is 5.26 Å². The average Bonchev–Trinajstić information content (AvgIpc) is 3.17. The Labute approximate surface area is 176 Å². The molecule has 0 saturated heterocycles. The number of benzene rings is 2. The zero-order chi connectivity index (χ0) is 21.7. The smallest absolute Gasteiger partial charge is 0.322 e. The largest absolute Gasteiger partial charge is 0.396 e. The number of amides is 3. The van der Waals surface area contributed by atoms with Crippen LogP contribution in [0.1, 0.15) is 47.3 Å². The normalized spacial score (nSPS) is 14.4. The summed E-state index contributed by atoms with van der Waals surface area (Å²) in [6, 6.07) is 14.0. The van der Waals surface area contributed by atoms with E-state index in [2.05, 4.69) is 16.7 Å². The molecule has 30 heavy (non-hydrogen) atoms. The molecule has 3 amide bonds. The summed E-state index contributed by atoms with van der Waals surface area (Å²) < 4.78 is 0. The molecule has 0 radical (unpaired) electrons. The Balaban J connectivity index is 1.55. The maximum atomic E-state index is 12.6. The van der Waals surface area contributed by atoms with Gasteiger partial charge in [0.1, 0.15) is 0 Å². The minimum Gasteiger partial charge on any atom is -0.396 e. The van der Waals surface area contributed by atoms with Crippen LogP contribution in [0.4, 0.5) is 10.5 Å². The van der Waals surface area contributed by atoms with Crippen LogP contribution < -0.4 is 10.6 Å². The standard InChI is InChI=1S/C23H26N4O3/c1-15(14-28)9-16(2)25-22(29)18-5-7-21(8-6-18)26-23(30)27-12-19-4-3-17(11-24)10-20(19)13-27/h3-8,10,15-16,28H,9,12-14H2,1-2H3,(H,25,29)(H,26,30). The highest BCUT2D eigenvalue weighted by molar-refractivity contribution is 5.95. The molecule has 156 valence electrons. The summed E-state index contributed by atoms with van der Waals surface area (Å²) >= 11 is 0. The first kappa shape index (κ1) is 21.3. The van der Waals surface area contributed by atoms with E-state index in [1.807, 2.05) is 26.0 Å². The van der Waals surface area contributed by atoms with Crippen LogP contribution in [0.3, 0.4) is 0 Å². The molecule has 2 aromatic rings. The lowest BCUT2D eigenvalue weighted by atomic mass is 10.0. The molecule has 0 aromatic heterocycles. The van der Waals surface area contributed by atoms with Gasteiger partial charge in [-0.25, -0.2) is 4.79 Å². The van der Waals surface area contributed by atoms with E-state index in [1.54, 1.807) is 35.2 Å². The van der Waals surface area contributed by atoms with Crippen LogP contribution in [0.25, 0.3) is 0 Å². The van der Waals surface area contributed by atoms with Crippen molar-refractivity contribution in [3.63, 3.8) is 0 Å². The van der Waals surface area contributed by atoms with Gasteiger partial charge in [0.05, 0.1) is 11.6 Å². The molecule has 7 nitrogen and oxygen atoms in total. The van der Waals surface area contributed by atoms with Crippen LogP contribution in [0.2, 0.25) is 0 Å². The van der Waals surface area contributed by atoms with E-state index < -0.39 is 0 Å². The number of carbonyl (C=O) groups is 2. The van der Waals surface area contributed by atoms with Gasteiger partial charge in [-0.05, 0) is 66.8 Å². The zero-order valence-electron chi connectivity index (χ0n) is 17.2. The van der Waals surface area contributed by atoms with Gasteiger partial charge in [0.2, 0.25) is 0 Å². The number of hydrogen-bond donors (Lipinski definition) is 3. The lowest BCUT2D eigenvalue weighted by Crippen LogP contribution is -2.34. The van der Waals surface area contributed by atoms with Gasteiger partial charge in [-0.3, -0.25) is 4.79 Å². The highest BCUT2D eigenvalue weighted by Crippen LogP contribution is 2.24. The number of fused-ring (bicyclic) bond motifs is 1. The van der Waals surface area contributed by atoms with Crippen molar-refractivity contribution >= 4 is 17.6 Å². The van der Waals surface area contributed by atoms with Crippen LogP contribution in [-0.2, 0) is 13.1 Å². The monoisotopic (exact) mass is 406 g/mol. The molecule has 0 saturated carbocycles. The molecule has 2 aromatic carbocycles. The third-order valence-corrected chi connectivity index (χ3v) is 5.19. The Morgan fingerprint density at radius 3 is 2.50 bits per heavy atom. The molecule has 0 bridgehead atoms. The SMILES string of the molecule is CC(CO)CC(C)NC(=O)c1ccc(NC(=O)N2Cc3ccc(C#N)cc3C2)cc1. The number of nitriles is 1. The fourth-order valence-electron chi connectivity index (χ4n) is 3.56. The van der Waals surface area contributed by atoms with Crippen molar-refractivity contribution in [3.8, 4) is 6.07 Å². The Morgan fingerprint density at radius 1 is 1.13 bits per heavy atom. The number of aliphatic hydroxyl groups excluding tert-OH is 1. The second-order valence-electron chi connectivity index (χ2n) is 7.86. The maximum absolute atomic E-state index is 12.6. The number of rotatable bonds is 6. The third kappa shape index (κ3) is 5.16. The quantitative estimate of drug-likeness (QED) is 0.685. The van der Waals surface area contributed by atoms with E-state index in [9.17, 15) is 9.59 Å². The molecule has 2 unspecified atom stereocenters. The topological polar surface area (TPSA) is 105 Å². The van der Waals surface area contributed by atoms with Crippen molar-refractivity contribution < 1.29 is 14.7 Å². The predicted octanol–water partition coefficient (Wildman–Crippen LogP) is 3.24. The molecule has 3 N–H and O–H groups in total. The van der Waals surface area contributed by atoms with E-state index in [-0.39, 0.29) is 30.5 Å². The summed E-state index contributed by atoms with van der Waals surface area (Å²) in [5, 5.41) is 23.9. The fraction of sp³-hybridized carbons (Fsp3) is 0.348. The number of nitrogens with zero attached hydrogens (tertiary/aromatic N) is 2. The van der Waals surface area contributed by atoms with Crippen molar-refractivity contribution in [2.45, 2.75) is 39.4 Å². The molecule has 3 rings (SSSR count). The minimum atomic E-state index is -0.228. The van der Waals surface area contributed by atoms with Gasteiger partial charge in [0, 0.05) is 37.0 Å². The minimum absolute atomic E-state index is 0.0441. The number of aliphatic hydroxyl groups is 1. The van der Waals surface area contributed by atoms with Gasteiger partial charge in [-0.15, -0.1) is 0 Å². The van der Waals surface area contributed by atoms with Crippen LogP contribution in [-0.4, -0.2) is 34.6 Å². The highest BCUT2D eigenvalue weighted by Gasteiger charge is 2.23. The highest BCUT2D eigenvalue weighted by atomic mass is 16.3. The Bertz CT molecular complexity index is 965. The van der Waals surface area contributed by atoms with E-state index in [0.717, 1.165) is 11.1 Å². The van der Waals surface area contributed by atoms with E-state index in [0.29, 0.717) is 36.3 Å². The van der Waals surface area contributed by atoms with E-state index >= 15 is 0 Å². The molecular formula is C23H26N4O3. The number of urea groups is 1. The number of hydrogen-bond acceptors (Lipinski definition) is 4. The second-order valence-corrected chi connectivity index (χ2v) is 7.86. The zero-order valence-corrected chi connectivity index (χ0v) is 17.2. The van der Waals surface area contributed by atoms with Gasteiger partial charge in [0.25, 0.3) is 5.91 Å². The Morgan fingerprint density at radius 2 is 1.83 bits per heavy atom. The molecule has 2 atom stereocenters. The predicted molar refractivity (Wildman–Crippen MR) is 114 cm³/mol. The van der Waals surface area contributed by atoms with Gasteiger partial charge >= 0.3 is 6.03 Å². The Kier molecular flexibility index (Phi) is 6.70. The van der Waals surface area contributed by atoms with Crippen molar-refractivity contribution in [2.24, 2.45) is 5.92 Å². The molecule has 0 spiro atoms. The molecule has 0 fully saturated rings. The summed E-state index contributed by atoms with van der Waals surface area (Å²) in [7, 11) is 0. The molecule has 7 heteroatoms. The van der Waals surface area contributed by atoms with Crippen LogP contribution in [0, 0.1) is 17.2 Å². The van der Waals surface area contributed by atoms with Gasteiger partial charge in [-0.1, -0.05) is 13.0 Å². The fourth-order valence-corrected chi connectivity index (χ4v) is 3.56. The third-order valence-electron chi connectivity index (χ3n) is 5.19. The molecular weight excluding hydrogens is 380 g/mol. The summed E-state index contributed by atoms with van der Waals surface area (Å²) in [5.74, 6) is -0.0603. The average molecular weight is 406 g/mol. The first-order valence-corrected chi connectivity index (χ1v) is 9.99. The van der Waals surface area contributed by atoms with Gasteiger partial charge < -0.3 is 20.6 Å². The van der Waals surface area contributed by atoms with Crippen LogP contribution >= 0.6 is 0 Å². The van der Waals surface area contributed by atoms with Crippen LogP contribution in [0.15, 0.2) is 42.5 Å². The molecule has 0 aliphatic carbocycles. The number of anilines is 1. The van der Waals surface area contributed by atoms with Crippen molar-refractivity contribution in [1.82, 2.24) is 10.2 Å². The van der Waals surface area contributed by atoms with E-state index in [1.165, 1.54) is 0 Å². The van der Waals surface area contributed by atoms with Crippen molar-refractivity contribution in [3.05, 3.63) is 64.7 Å². The van der Waals surface area contributed by atoms with Crippen molar-refractivity contribution in [2.75, 3.05) is 11.9 Å². The maximum Gasteiger partial charge on any atom is 0.322 e. The summed E-state index contributed by atoms with van der Waals surface area (Å²) in [4.78, 5) is 26.6. The number of nitrogens with one attached hydrogen (secondary N) is 2. The van der Waals surface area contributed by atoms with Crippen LogP contribution in [0.5, 0.6) is 0 Å². The summed E-state index contributed by atoms with van der Waals surface area (Å²) in [6.07, 6.45) is 0.699. The van der Waals surface area contributed by atoms with Gasteiger partial charge in [-0.2, -0.15) is 5.26 Å².